The minimum atomic E-state index is -1.29. The number of aromatic nitrogens is 2. The van der Waals surface area contributed by atoms with Crippen molar-refractivity contribution in [2.45, 2.75) is 58.9 Å². The molecule has 0 saturated carbocycles. The van der Waals surface area contributed by atoms with Gasteiger partial charge in [0.1, 0.15) is 11.7 Å². The highest BCUT2D eigenvalue weighted by atomic mass is 16.4. The van der Waals surface area contributed by atoms with Crippen molar-refractivity contribution in [1.82, 2.24) is 19.8 Å². The molecule has 2 amide bonds. The largest absolute Gasteiger partial charge is 0.465 e. The quantitative estimate of drug-likeness (QED) is 0.280. The number of hydrogen-bond donors (Lipinski definition) is 3. The van der Waals surface area contributed by atoms with Gasteiger partial charge in [-0.05, 0) is 42.9 Å². The highest BCUT2D eigenvalue weighted by Gasteiger charge is 2.22. The van der Waals surface area contributed by atoms with Crippen molar-refractivity contribution in [2.75, 3.05) is 13.1 Å². The number of nitrogens with one attached hydrogen (secondary N) is 2. The summed E-state index contributed by atoms with van der Waals surface area (Å²) in [6.45, 7) is 5.73. The van der Waals surface area contributed by atoms with Gasteiger partial charge in [0.15, 0.2) is 0 Å². The maximum Gasteiger partial charge on any atom is 0.410 e. The zero-order chi connectivity index (χ0) is 27.9. The normalized spacial score (nSPS) is 12.9. The third-order valence-corrected chi connectivity index (χ3v) is 7.12. The number of hydrogen-bond acceptors (Lipinski definition) is 5. The molecule has 0 unspecified atom stereocenters. The lowest BCUT2D eigenvalue weighted by molar-refractivity contribution is -0.129. The number of amides is 2. The minimum absolute atomic E-state index is 0.0201. The molecule has 9 nitrogen and oxygen atoms in total. The first-order valence-corrected chi connectivity index (χ1v) is 13.4. The number of carboxylic acid groups (broad SMARTS) is 1. The molecule has 1 aliphatic rings. The molecule has 3 N–H and O–H groups in total. The number of aryl methyl sites for hydroxylation is 2. The van der Waals surface area contributed by atoms with Crippen molar-refractivity contribution in [3.8, 4) is 11.1 Å². The topological polar surface area (TPSA) is 128 Å². The van der Waals surface area contributed by atoms with Crippen LogP contribution < -0.4 is 10.9 Å². The molecule has 0 radical (unpaired) electrons. The summed E-state index contributed by atoms with van der Waals surface area (Å²) >= 11 is 0. The van der Waals surface area contributed by atoms with Crippen LogP contribution in [0.15, 0.2) is 53.3 Å². The number of unbranched alkanes of at least 4 members (excludes halogenated alkanes) is 1. The fraction of sp³-hybridized carbons (Fsp3) is 0.367. The number of likely N-dealkylation sites (tertiary alicyclic amines) is 1. The van der Waals surface area contributed by atoms with Crippen LogP contribution in [-0.4, -0.2) is 50.5 Å². The van der Waals surface area contributed by atoms with Crippen molar-refractivity contribution in [2.24, 2.45) is 0 Å². The minimum Gasteiger partial charge on any atom is -0.465 e. The molecular formula is C30H35N5O4. The van der Waals surface area contributed by atoms with Gasteiger partial charge in [-0.15, -0.1) is 0 Å². The van der Waals surface area contributed by atoms with E-state index in [4.69, 9.17) is 15.5 Å². The van der Waals surface area contributed by atoms with Gasteiger partial charge in [-0.25, -0.2) is 9.78 Å². The summed E-state index contributed by atoms with van der Waals surface area (Å²) in [4.78, 5) is 44.2. The van der Waals surface area contributed by atoms with E-state index < -0.39 is 6.09 Å². The third kappa shape index (κ3) is 6.60. The van der Waals surface area contributed by atoms with E-state index in [0.717, 1.165) is 61.3 Å². The van der Waals surface area contributed by atoms with Crippen LogP contribution in [0, 0.1) is 12.3 Å². The SMILES string of the molecule is CCCCc1nc(C)c(CC(=O)N2CCCC2)c(=O)n1Cc1ccc(-c2ccccc2C(=N)NC(=O)O)cc1. The second-order valence-corrected chi connectivity index (χ2v) is 9.90. The molecule has 1 saturated heterocycles. The Balaban J connectivity index is 1.63. The predicted molar refractivity (Wildman–Crippen MR) is 150 cm³/mol. The molecular weight excluding hydrogens is 494 g/mol. The third-order valence-electron chi connectivity index (χ3n) is 7.12. The fourth-order valence-electron chi connectivity index (χ4n) is 4.98. The predicted octanol–water partition coefficient (Wildman–Crippen LogP) is 4.37. The van der Waals surface area contributed by atoms with Crippen molar-refractivity contribution in [3.63, 3.8) is 0 Å². The van der Waals surface area contributed by atoms with Gasteiger partial charge in [0, 0.05) is 36.3 Å². The monoisotopic (exact) mass is 529 g/mol. The average molecular weight is 530 g/mol. The Bertz CT molecular complexity index is 1420. The van der Waals surface area contributed by atoms with Gasteiger partial charge in [-0.3, -0.25) is 24.9 Å². The van der Waals surface area contributed by atoms with Crippen molar-refractivity contribution in [3.05, 3.63) is 87.1 Å². The van der Waals surface area contributed by atoms with E-state index in [0.29, 0.717) is 29.8 Å². The molecule has 0 spiro atoms. The molecule has 4 rings (SSSR count). The van der Waals surface area contributed by atoms with Crippen LogP contribution in [0.2, 0.25) is 0 Å². The molecule has 1 aromatic heterocycles. The first kappa shape index (κ1) is 27.8. The lowest BCUT2D eigenvalue weighted by Gasteiger charge is -2.19. The summed E-state index contributed by atoms with van der Waals surface area (Å²) in [5.74, 6) is 0.503. The molecule has 2 heterocycles. The molecule has 0 aliphatic carbocycles. The smallest absolute Gasteiger partial charge is 0.410 e. The van der Waals surface area contributed by atoms with Gasteiger partial charge in [-0.2, -0.15) is 0 Å². The van der Waals surface area contributed by atoms with Crippen LogP contribution in [0.4, 0.5) is 4.79 Å². The van der Waals surface area contributed by atoms with Gasteiger partial charge >= 0.3 is 6.09 Å². The zero-order valence-electron chi connectivity index (χ0n) is 22.5. The van der Waals surface area contributed by atoms with Gasteiger partial charge in [0.05, 0.1) is 13.0 Å². The van der Waals surface area contributed by atoms with Crippen molar-refractivity contribution >= 4 is 17.8 Å². The summed E-state index contributed by atoms with van der Waals surface area (Å²) in [5.41, 5.74) is 3.84. The van der Waals surface area contributed by atoms with Crippen LogP contribution in [0.25, 0.3) is 11.1 Å². The number of carbonyl (C=O) groups excluding carboxylic acids is 1. The van der Waals surface area contributed by atoms with E-state index in [1.165, 1.54) is 0 Å². The summed E-state index contributed by atoms with van der Waals surface area (Å²) in [5, 5.41) is 19.2. The summed E-state index contributed by atoms with van der Waals surface area (Å²) in [7, 11) is 0. The Hall–Kier alpha value is -4.27. The van der Waals surface area contributed by atoms with E-state index in [2.05, 4.69) is 12.2 Å². The van der Waals surface area contributed by atoms with Crippen LogP contribution in [-0.2, 0) is 24.2 Å². The average Bonchev–Trinajstić information content (AvgIpc) is 3.47. The second-order valence-electron chi connectivity index (χ2n) is 9.90. The molecule has 0 atom stereocenters. The molecule has 1 aliphatic heterocycles. The van der Waals surface area contributed by atoms with Gasteiger partial charge < -0.3 is 10.0 Å². The molecule has 3 aromatic rings. The van der Waals surface area contributed by atoms with Crippen LogP contribution in [0.5, 0.6) is 0 Å². The van der Waals surface area contributed by atoms with Crippen LogP contribution in [0.1, 0.15) is 60.8 Å². The number of amidine groups is 1. The fourth-order valence-corrected chi connectivity index (χ4v) is 4.98. The second kappa shape index (κ2) is 12.5. The Morgan fingerprint density at radius 2 is 1.77 bits per heavy atom. The van der Waals surface area contributed by atoms with Gasteiger partial charge in [0.25, 0.3) is 5.56 Å². The number of carbonyl (C=O) groups is 2. The Kier molecular flexibility index (Phi) is 8.91. The molecule has 0 bridgehead atoms. The van der Waals surface area contributed by atoms with Gasteiger partial charge in [0.2, 0.25) is 5.91 Å². The molecule has 9 heteroatoms. The van der Waals surface area contributed by atoms with Crippen molar-refractivity contribution < 1.29 is 14.7 Å². The highest BCUT2D eigenvalue weighted by molar-refractivity contribution is 6.08. The molecule has 2 aromatic carbocycles. The Labute approximate surface area is 228 Å². The molecule has 39 heavy (non-hydrogen) atoms. The lowest BCUT2D eigenvalue weighted by Crippen LogP contribution is -2.35. The Morgan fingerprint density at radius 3 is 2.44 bits per heavy atom. The number of rotatable bonds is 9. The first-order valence-electron chi connectivity index (χ1n) is 13.4. The van der Waals surface area contributed by atoms with E-state index in [-0.39, 0.29) is 23.7 Å². The number of benzene rings is 2. The van der Waals surface area contributed by atoms with E-state index >= 15 is 0 Å². The van der Waals surface area contributed by atoms with E-state index in [1.54, 1.807) is 16.7 Å². The van der Waals surface area contributed by atoms with Crippen molar-refractivity contribution in [1.29, 1.82) is 5.41 Å². The summed E-state index contributed by atoms with van der Waals surface area (Å²) in [6.07, 6.45) is 3.34. The van der Waals surface area contributed by atoms with E-state index in [1.807, 2.05) is 48.2 Å². The Morgan fingerprint density at radius 1 is 1.08 bits per heavy atom. The zero-order valence-corrected chi connectivity index (χ0v) is 22.5. The van der Waals surface area contributed by atoms with Crippen LogP contribution in [0.3, 0.4) is 0 Å². The molecule has 1 fully saturated rings. The first-order chi connectivity index (χ1) is 18.8. The van der Waals surface area contributed by atoms with E-state index in [9.17, 15) is 14.4 Å². The molecule has 204 valence electrons. The summed E-state index contributed by atoms with van der Waals surface area (Å²) < 4.78 is 1.70. The maximum atomic E-state index is 13.7. The lowest BCUT2D eigenvalue weighted by atomic mass is 9.98. The van der Waals surface area contributed by atoms with Gasteiger partial charge in [-0.1, -0.05) is 61.9 Å². The maximum absolute atomic E-state index is 13.7. The summed E-state index contributed by atoms with van der Waals surface area (Å²) in [6, 6.07) is 14.8. The van der Waals surface area contributed by atoms with Crippen LogP contribution >= 0.6 is 0 Å². The standard InChI is InChI=1S/C30H35N5O4/c1-3-4-11-26-32-20(2)25(18-27(36)34-16-7-8-17-34)29(37)35(26)19-21-12-14-22(15-13-21)23-9-5-6-10-24(23)28(31)33-30(38)39/h5-6,9-10,12-15H,3-4,7-8,11,16-19H2,1-2H3,(H2,31,33)(H,38,39). The number of nitrogens with zero attached hydrogens (tertiary/aromatic N) is 3. The highest BCUT2D eigenvalue weighted by Crippen LogP contribution is 2.24.